The number of allylic oxidation sites excluding steroid dienone is 5. The molecule has 0 aliphatic carbocycles. The molecule has 3 aromatic rings. The van der Waals surface area contributed by atoms with Crippen LogP contribution in [0, 0.1) is 34.0 Å². The SMILES string of the molecule is C[N+](CCO)(CCO)CCCN1/C(=C/C=C(\C#N)C(=C(C#N)C#N)c2ccccc2)Oc2ccc(-c3ccccc3)cc21. The summed E-state index contributed by atoms with van der Waals surface area (Å²) in [7, 11) is 2.02. The first kappa shape index (κ1) is 30.8. The molecule has 8 heteroatoms. The van der Waals surface area contributed by atoms with Crippen LogP contribution < -0.4 is 9.64 Å². The van der Waals surface area contributed by atoms with Gasteiger partial charge in [-0.1, -0.05) is 66.7 Å². The van der Waals surface area contributed by atoms with Gasteiger partial charge >= 0.3 is 0 Å². The molecule has 0 saturated carbocycles. The van der Waals surface area contributed by atoms with Crippen molar-refractivity contribution < 1.29 is 19.4 Å². The highest BCUT2D eigenvalue weighted by Crippen LogP contribution is 2.42. The molecule has 1 aliphatic heterocycles. The molecule has 4 rings (SSSR count). The fourth-order valence-corrected chi connectivity index (χ4v) is 5.20. The first-order valence-electron chi connectivity index (χ1n) is 14.1. The molecule has 1 heterocycles. The third-order valence-corrected chi connectivity index (χ3v) is 7.52. The Morgan fingerprint density at radius 3 is 2.09 bits per heavy atom. The highest BCUT2D eigenvalue weighted by molar-refractivity contribution is 5.89. The molecular formula is C35H34N5O3+. The topological polar surface area (TPSA) is 124 Å². The largest absolute Gasteiger partial charge is 0.439 e. The van der Waals surface area contributed by atoms with E-state index in [1.807, 2.05) is 67.7 Å². The van der Waals surface area contributed by atoms with E-state index in [-0.39, 0.29) is 29.9 Å². The summed E-state index contributed by atoms with van der Waals surface area (Å²) in [5, 5.41) is 48.6. The number of quaternary nitrogens is 1. The molecule has 0 amide bonds. The number of anilines is 1. The molecule has 8 nitrogen and oxygen atoms in total. The highest BCUT2D eigenvalue weighted by atomic mass is 16.5. The van der Waals surface area contributed by atoms with Crippen LogP contribution in [0.5, 0.6) is 5.75 Å². The number of hydrogen-bond donors (Lipinski definition) is 2. The number of ether oxygens (including phenoxy) is 1. The lowest BCUT2D eigenvalue weighted by Crippen LogP contribution is -2.49. The number of aliphatic hydroxyl groups is 2. The van der Waals surface area contributed by atoms with Gasteiger partial charge in [-0.15, -0.1) is 0 Å². The van der Waals surface area contributed by atoms with Gasteiger partial charge in [-0.3, -0.25) is 0 Å². The Bertz CT molecular complexity index is 1620. The molecule has 0 unspecified atom stereocenters. The second-order valence-electron chi connectivity index (χ2n) is 10.4. The maximum atomic E-state index is 10.1. The molecule has 0 aromatic heterocycles. The molecule has 0 bridgehead atoms. The lowest BCUT2D eigenvalue weighted by atomic mass is 9.94. The molecule has 0 atom stereocenters. The van der Waals surface area contributed by atoms with Gasteiger partial charge in [-0.2, -0.15) is 15.8 Å². The Balaban J connectivity index is 1.74. The van der Waals surface area contributed by atoms with Crippen LogP contribution in [0.3, 0.4) is 0 Å². The monoisotopic (exact) mass is 572 g/mol. The van der Waals surface area contributed by atoms with E-state index < -0.39 is 0 Å². The Morgan fingerprint density at radius 1 is 0.837 bits per heavy atom. The number of nitrogens with zero attached hydrogens (tertiary/aromatic N) is 5. The smallest absolute Gasteiger partial charge is 0.200 e. The zero-order valence-corrected chi connectivity index (χ0v) is 24.1. The van der Waals surface area contributed by atoms with Crippen LogP contribution in [0.4, 0.5) is 5.69 Å². The first-order chi connectivity index (χ1) is 21.0. The second kappa shape index (κ2) is 14.6. The Hall–Kier alpha value is -5.17. The highest BCUT2D eigenvalue weighted by Gasteiger charge is 2.28. The fourth-order valence-electron chi connectivity index (χ4n) is 5.20. The Labute approximate surface area is 252 Å². The van der Waals surface area contributed by atoms with Crippen LogP contribution in [0.1, 0.15) is 12.0 Å². The van der Waals surface area contributed by atoms with Crippen LogP contribution >= 0.6 is 0 Å². The minimum absolute atomic E-state index is 0.0319. The van der Waals surface area contributed by atoms with Gasteiger partial charge in [0.05, 0.1) is 44.1 Å². The van der Waals surface area contributed by atoms with E-state index in [9.17, 15) is 26.0 Å². The van der Waals surface area contributed by atoms with E-state index in [1.54, 1.807) is 36.4 Å². The van der Waals surface area contributed by atoms with E-state index >= 15 is 0 Å². The molecule has 0 saturated heterocycles. The van der Waals surface area contributed by atoms with Crippen molar-refractivity contribution in [2.75, 3.05) is 51.3 Å². The van der Waals surface area contributed by atoms with Gasteiger partial charge in [0.25, 0.3) is 0 Å². The van der Waals surface area contributed by atoms with Gasteiger partial charge < -0.3 is 24.3 Å². The van der Waals surface area contributed by atoms with Gasteiger partial charge in [0.1, 0.15) is 30.8 Å². The molecular weight excluding hydrogens is 538 g/mol. The third kappa shape index (κ3) is 7.38. The summed E-state index contributed by atoms with van der Waals surface area (Å²) >= 11 is 0. The van der Waals surface area contributed by atoms with E-state index in [0.717, 1.165) is 29.8 Å². The van der Waals surface area contributed by atoms with Crippen molar-refractivity contribution in [1.82, 2.24) is 0 Å². The molecule has 216 valence electrons. The average Bonchev–Trinajstić information content (AvgIpc) is 3.38. The number of fused-ring (bicyclic) bond motifs is 1. The van der Waals surface area contributed by atoms with Crippen LogP contribution in [0.15, 0.2) is 108 Å². The van der Waals surface area contributed by atoms with Crippen LogP contribution in [-0.2, 0) is 0 Å². The molecule has 0 fully saturated rings. The third-order valence-electron chi connectivity index (χ3n) is 7.52. The Kier molecular flexibility index (Phi) is 10.5. The summed E-state index contributed by atoms with van der Waals surface area (Å²) in [6.07, 6.45) is 4.02. The minimum atomic E-state index is -0.151. The molecule has 3 aromatic carbocycles. The van der Waals surface area contributed by atoms with Crippen molar-refractivity contribution in [3.8, 4) is 35.1 Å². The average molecular weight is 573 g/mol. The zero-order valence-electron chi connectivity index (χ0n) is 24.1. The Morgan fingerprint density at radius 2 is 1.49 bits per heavy atom. The summed E-state index contributed by atoms with van der Waals surface area (Å²) in [6, 6.07) is 31.0. The summed E-state index contributed by atoms with van der Waals surface area (Å²) in [4.78, 5) is 2.05. The normalized spacial score (nSPS) is 13.4. The van der Waals surface area contributed by atoms with Gasteiger partial charge in [0.15, 0.2) is 5.75 Å². The number of nitriles is 3. The summed E-state index contributed by atoms with van der Waals surface area (Å²) in [5.41, 5.74) is 3.86. The van der Waals surface area contributed by atoms with E-state index in [1.165, 1.54) is 0 Å². The van der Waals surface area contributed by atoms with Crippen molar-refractivity contribution >= 4 is 11.3 Å². The lowest BCUT2D eigenvalue weighted by molar-refractivity contribution is -0.910. The predicted octanol–water partition coefficient (Wildman–Crippen LogP) is 5.17. The van der Waals surface area contributed by atoms with Crippen molar-refractivity contribution in [3.63, 3.8) is 0 Å². The standard InChI is InChI=1S/C35H34N5O3/c1-40(19-21-41,20-22-42)18-8-17-39-32-23-29(27-9-4-2-5-10-27)13-15-33(32)43-34(39)16-14-30(24-36)35(31(25-37)26-38)28-11-6-3-7-12-28/h2-7,9-16,23,41-42H,8,17-22H2,1H3/q+1/b30-14+,34-16-. The van der Waals surface area contributed by atoms with E-state index in [4.69, 9.17) is 4.74 Å². The fraction of sp³-hybridized carbons (Fsp3) is 0.229. The van der Waals surface area contributed by atoms with Crippen LogP contribution in [-0.4, -0.2) is 61.1 Å². The number of benzene rings is 3. The van der Waals surface area contributed by atoms with Crippen LogP contribution in [0.25, 0.3) is 16.7 Å². The van der Waals surface area contributed by atoms with Crippen molar-refractivity contribution in [2.24, 2.45) is 0 Å². The number of likely N-dealkylation sites (N-methyl/N-ethyl adjacent to an activating group) is 1. The molecule has 0 radical (unpaired) electrons. The van der Waals surface area contributed by atoms with Gasteiger partial charge in [-0.05, 0) is 34.9 Å². The van der Waals surface area contributed by atoms with E-state index in [2.05, 4.69) is 17.0 Å². The van der Waals surface area contributed by atoms with Crippen molar-refractivity contribution in [1.29, 1.82) is 15.8 Å². The first-order valence-corrected chi connectivity index (χ1v) is 14.1. The van der Waals surface area contributed by atoms with Crippen LogP contribution in [0.2, 0.25) is 0 Å². The number of hydrogen-bond acceptors (Lipinski definition) is 7. The molecule has 0 spiro atoms. The van der Waals surface area contributed by atoms with E-state index in [0.29, 0.717) is 41.3 Å². The lowest BCUT2D eigenvalue weighted by Gasteiger charge is -2.34. The molecule has 2 N–H and O–H groups in total. The van der Waals surface area contributed by atoms with Crippen molar-refractivity contribution in [2.45, 2.75) is 6.42 Å². The van der Waals surface area contributed by atoms with Gasteiger partial charge in [0, 0.05) is 24.6 Å². The minimum Gasteiger partial charge on any atom is -0.439 e. The number of rotatable bonds is 12. The summed E-state index contributed by atoms with van der Waals surface area (Å²) in [6.45, 7) is 2.45. The summed E-state index contributed by atoms with van der Waals surface area (Å²) in [5.74, 6) is 1.18. The number of aliphatic hydroxyl groups excluding tert-OH is 2. The second-order valence-corrected chi connectivity index (χ2v) is 10.4. The van der Waals surface area contributed by atoms with Gasteiger partial charge in [0.2, 0.25) is 5.88 Å². The summed E-state index contributed by atoms with van der Waals surface area (Å²) < 4.78 is 6.82. The zero-order chi connectivity index (χ0) is 30.7. The maximum Gasteiger partial charge on any atom is 0.200 e. The quantitative estimate of drug-likeness (QED) is 0.174. The maximum absolute atomic E-state index is 10.1. The molecule has 1 aliphatic rings. The van der Waals surface area contributed by atoms with Crippen molar-refractivity contribution in [3.05, 3.63) is 114 Å². The molecule has 43 heavy (non-hydrogen) atoms. The van der Waals surface area contributed by atoms with Gasteiger partial charge in [-0.25, -0.2) is 0 Å². The predicted molar refractivity (Wildman–Crippen MR) is 166 cm³/mol.